The van der Waals surface area contributed by atoms with Crippen molar-refractivity contribution >= 4 is 11.5 Å². The fourth-order valence-corrected chi connectivity index (χ4v) is 1.28. The third-order valence-corrected chi connectivity index (χ3v) is 2.00. The van der Waals surface area contributed by atoms with E-state index < -0.39 is 5.97 Å². The number of carbonyl (C=O) groups is 1. The summed E-state index contributed by atoms with van der Waals surface area (Å²) in [5, 5.41) is 8.69. The zero-order chi connectivity index (χ0) is 10.8. The first-order valence-corrected chi connectivity index (χ1v) is 4.21. The van der Waals surface area contributed by atoms with E-state index in [0.29, 0.717) is 5.56 Å². The van der Waals surface area contributed by atoms with Gasteiger partial charge in [-0.3, -0.25) is 0 Å². The van der Waals surface area contributed by atoms with Gasteiger partial charge in [0.1, 0.15) is 6.07 Å². The quantitative estimate of drug-likeness (QED) is 0.645. The van der Waals surface area contributed by atoms with Gasteiger partial charge in [-0.25, -0.2) is 9.78 Å². The summed E-state index contributed by atoms with van der Waals surface area (Å²) in [6.45, 7) is 0. The summed E-state index contributed by atoms with van der Waals surface area (Å²) in [6.07, 6.45) is 4.68. The van der Waals surface area contributed by atoms with Crippen LogP contribution >= 0.6 is 0 Å². The number of hydrogen-bond acceptors (Lipinski definition) is 4. The lowest BCUT2D eigenvalue weighted by atomic mass is 10.4. The number of hydrogen-bond donors (Lipinski definition) is 0. The molecule has 0 aliphatic rings. The molecule has 0 saturated carbocycles. The van der Waals surface area contributed by atoms with Gasteiger partial charge in [-0.2, -0.15) is 5.26 Å². The molecule has 0 bridgehead atoms. The summed E-state index contributed by atoms with van der Waals surface area (Å²) in [4.78, 5) is 15.1. The maximum Gasteiger partial charge on any atom is 0.358 e. The smallest absolute Gasteiger partial charge is 0.358 e. The largest absolute Gasteiger partial charge is 0.464 e. The van der Waals surface area contributed by atoms with Crippen LogP contribution in [0, 0.1) is 11.3 Å². The number of nitriles is 1. The highest BCUT2D eigenvalue weighted by atomic mass is 16.5. The Labute approximate surface area is 85.5 Å². The molecule has 15 heavy (non-hydrogen) atoms. The maximum atomic E-state index is 11.2. The fraction of sp³-hybridized carbons (Fsp3) is 0.100. The van der Waals surface area contributed by atoms with Crippen LogP contribution in [0.15, 0.2) is 24.7 Å². The molecular weight excluding hydrogens is 194 g/mol. The molecule has 5 heteroatoms. The highest BCUT2D eigenvalue weighted by Gasteiger charge is 2.08. The predicted octanol–water partition coefficient (Wildman–Crippen LogP) is 0.993. The molecule has 0 atom stereocenters. The Kier molecular flexibility index (Phi) is 2.10. The van der Waals surface area contributed by atoms with Crippen molar-refractivity contribution in [1.82, 2.24) is 9.38 Å². The van der Waals surface area contributed by atoms with Crippen molar-refractivity contribution in [3.8, 4) is 6.07 Å². The molecule has 2 aromatic heterocycles. The van der Waals surface area contributed by atoms with Gasteiger partial charge in [0.2, 0.25) is 0 Å². The van der Waals surface area contributed by atoms with E-state index in [9.17, 15) is 4.79 Å². The first-order valence-electron chi connectivity index (χ1n) is 4.21. The summed E-state index contributed by atoms with van der Waals surface area (Å²) < 4.78 is 6.20. The van der Waals surface area contributed by atoms with Crippen LogP contribution in [0.4, 0.5) is 0 Å². The molecule has 0 fully saturated rings. The van der Waals surface area contributed by atoms with E-state index in [-0.39, 0.29) is 5.69 Å². The molecular formula is C10H7N3O2. The van der Waals surface area contributed by atoms with Crippen LogP contribution in [0.2, 0.25) is 0 Å². The zero-order valence-electron chi connectivity index (χ0n) is 7.97. The molecule has 0 aromatic carbocycles. The lowest BCUT2D eigenvalue weighted by molar-refractivity contribution is 0.0593. The highest BCUT2D eigenvalue weighted by Crippen LogP contribution is 2.09. The Morgan fingerprint density at radius 3 is 3.07 bits per heavy atom. The van der Waals surface area contributed by atoms with Crippen LogP contribution < -0.4 is 0 Å². The monoisotopic (exact) mass is 201 g/mol. The van der Waals surface area contributed by atoms with Gasteiger partial charge in [0, 0.05) is 12.4 Å². The molecule has 0 amide bonds. The molecule has 0 saturated heterocycles. The molecule has 2 rings (SSSR count). The van der Waals surface area contributed by atoms with Gasteiger partial charge < -0.3 is 9.14 Å². The second-order valence-corrected chi connectivity index (χ2v) is 2.94. The topological polar surface area (TPSA) is 67.4 Å². The van der Waals surface area contributed by atoms with E-state index >= 15 is 0 Å². The lowest BCUT2D eigenvalue weighted by Gasteiger charge is -1.98. The van der Waals surface area contributed by atoms with Crippen molar-refractivity contribution in [3.63, 3.8) is 0 Å². The van der Waals surface area contributed by atoms with Gasteiger partial charge in [0.25, 0.3) is 0 Å². The normalized spacial score (nSPS) is 9.87. The van der Waals surface area contributed by atoms with Crippen LogP contribution in [0.25, 0.3) is 5.52 Å². The van der Waals surface area contributed by atoms with E-state index in [2.05, 4.69) is 9.72 Å². The average Bonchev–Trinajstić information content (AvgIpc) is 2.69. The second kappa shape index (κ2) is 3.42. The van der Waals surface area contributed by atoms with Crippen molar-refractivity contribution in [2.24, 2.45) is 0 Å². The Morgan fingerprint density at radius 1 is 1.60 bits per heavy atom. The van der Waals surface area contributed by atoms with Crippen molar-refractivity contribution < 1.29 is 9.53 Å². The first-order chi connectivity index (χ1) is 7.24. The SMILES string of the molecule is COC(=O)c1cn2cc(C#N)cc2cn1. The minimum atomic E-state index is -0.496. The standard InChI is InChI=1S/C10H7N3O2/c1-15-10(14)9-6-13-5-7(3-11)2-8(13)4-12-9/h2,4-6H,1H3. The van der Waals surface area contributed by atoms with Crippen LogP contribution in [0.5, 0.6) is 0 Å². The summed E-state index contributed by atoms with van der Waals surface area (Å²) >= 11 is 0. The third kappa shape index (κ3) is 1.53. The van der Waals surface area contributed by atoms with Gasteiger partial charge in [0.05, 0.1) is 24.4 Å². The number of fused-ring (bicyclic) bond motifs is 1. The van der Waals surface area contributed by atoms with Crippen LogP contribution in [0.3, 0.4) is 0 Å². The molecule has 0 aliphatic carbocycles. The minimum Gasteiger partial charge on any atom is -0.464 e. The van der Waals surface area contributed by atoms with Crippen molar-refractivity contribution in [1.29, 1.82) is 5.26 Å². The average molecular weight is 201 g/mol. The molecule has 5 nitrogen and oxygen atoms in total. The number of esters is 1. The number of methoxy groups -OCH3 is 1. The lowest BCUT2D eigenvalue weighted by Crippen LogP contribution is -2.05. The Bertz CT molecular complexity index is 566. The van der Waals surface area contributed by atoms with Gasteiger partial charge in [-0.05, 0) is 6.07 Å². The number of ether oxygens (including phenoxy) is 1. The van der Waals surface area contributed by atoms with E-state index in [4.69, 9.17) is 5.26 Å². The number of carbonyl (C=O) groups excluding carboxylic acids is 1. The Morgan fingerprint density at radius 2 is 2.40 bits per heavy atom. The van der Waals surface area contributed by atoms with E-state index in [0.717, 1.165) is 5.52 Å². The van der Waals surface area contributed by atoms with Gasteiger partial charge >= 0.3 is 5.97 Å². The second-order valence-electron chi connectivity index (χ2n) is 2.94. The molecule has 74 valence electrons. The molecule has 0 aliphatic heterocycles. The molecule has 0 radical (unpaired) electrons. The Hall–Kier alpha value is -2.35. The van der Waals surface area contributed by atoms with E-state index in [1.165, 1.54) is 19.5 Å². The zero-order valence-corrected chi connectivity index (χ0v) is 7.97. The number of nitrogens with zero attached hydrogens (tertiary/aromatic N) is 3. The number of aromatic nitrogens is 2. The maximum absolute atomic E-state index is 11.2. The number of rotatable bonds is 1. The first kappa shape index (κ1) is 9.21. The van der Waals surface area contributed by atoms with Crippen molar-refractivity contribution in [2.45, 2.75) is 0 Å². The molecule has 2 heterocycles. The molecule has 0 unspecified atom stereocenters. The van der Waals surface area contributed by atoms with Gasteiger partial charge in [-0.15, -0.1) is 0 Å². The summed E-state index contributed by atoms with van der Waals surface area (Å²) in [5.74, 6) is -0.496. The molecule has 0 N–H and O–H groups in total. The third-order valence-electron chi connectivity index (χ3n) is 2.00. The van der Waals surface area contributed by atoms with Crippen molar-refractivity contribution in [3.05, 3.63) is 35.9 Å². The van der Waals surface area contributed by atoms with Crippen LogP contribution in [-0.2, 0) is 4.74 Å². The van der Waals surface area contributed by atoms with E-state index in [1.807, 2.05) is 6.07 Å². The van der Waals surface area contributed by atoms with Crippen molar-refractivity contribution in [2.75, 3.05) is 7.11 Å². The van der Waals surface area contributed by atoms with Crippen LogP contribution in [-0.4, -0.2) is 22.5 Å². The van der Waals surface area contributed by atoms with Gasteiger partial charge in [-0.1, -0.05) is 0 Å². The molecule has 0 spiro atoms. The summed E-state index contributed by atoms with van der Waals surface area (Å²) in [7, 11) is 1.30. The predicted molar refractivity (Wildman–Crippen MR) is 51.2 cm³/mol. The molecule has 2 aromatic rings. The van der Waals surface area contributed by atoms with Crippen LogP contribution in [0.1, 0.15) is 16.1 Å². The fourth-order valence-electron chi connectivity index (χ4n) is 1.28. The minimum absolute atomic E-state index is 0.213. The highest BCUT2D eigenvalue weighted by molar-refractivity contribution is 5.87. The summed E-state index contributed by atoms with van der Waals surface area (Å²) in [6, 6.07) is 3.70. The van der Waals surface area contributed by atoms with Gasteiger partial charge in [0.15, 0.2) is 5.69 Å². The summed E-state index contributed by atoms with van der Waals surface area (Å²) in [5.41, 5.74) is 1.50. The Balaban J connectivity index is 2.56. The van der Waals surface area contributed by atoms with E-state index in [1.54, 1.807) is 16.7 Å².